The number of carbonyl (C=O) groups excluding carboxylic acids is 1. The predicted molar refractivity (Wildman–Crippen MR) is 59.3 cm³/mol. The fourth-order valence-electron chi connectivity index (χ4n) is 1.27. The Bertz CT molecular complexity index is 537. The second-order valence-corrected chi connectivity index (χ2v) is 4.12. The fourth-order valence-corrected chi connectivity index (χ4v) is 1.27. The zero-order chi connectivity index (χ0) is 15.7. The van der Waals surface area contributed by atoms with E-state index in [0.29, 0.717) is 0 Å². The Hall–Kier alpha value is -2.45. The van der Waals surface area contributed by atoms with Crippen molar-refractivity contribution in [3.05, 3.63) is 23.8 Å². The maximum absolute atomic E-state index is 12.7. The first-order valence-electron chi connectivity index (χ1n) is 5.13. The Morgan fingerprint density at radius 1 is 1.10 bits per heavy atom. The van der Waals surface area contributed by atoms with Gasteiger partial charge in [0, 0.05) is 11.6 Å². The Balaban J connectivity index is 3.13. The quantitative estimate of drug-likeness (QED) is 0.670. The zero-order valence-electron chi connectivity index (χ0n) is 10.0. The van der Waals surface area contributed by atoms with Crippen molar-refractivity contribution in [2.75, 3.05) is 0 Å². The lowest BCUT2D eigenvalue weighted by molar-refractivity contribution is -0.203. The zero-order valence-corrected chi connectivity index (χ0v) is 10.0. The molecule has 1 rings (SSSR count). The van der Waals surface area contributed by atoms with E-state index in [1.807, 2.05) is 0 Å². The van der Waals surface area contributed by atoms with Gasteiger partial charge in [0.05, 0.1) is 0 Å². The molecule has 0 bridgehead atoms. The molecule has 20 heavy (non-hydrogen) atoms. The van der Waals surface area contributed by atoms with Gasteiger partial charge in [-0.05, 0) is 19.1 Å². The summed E-state index contributed by atoms with van der Waals surface area (Å²) >= 11 is 0. The van der Waals surface area contributed by atoms with Crippen LogP contribution in [-0.4, -0.2) is 38.9 Å². The van der Waals surface area contributed by atoms with Crippen LogP contribution in [0.5, 0.6) is 11.5 Å². The third-order valence-corrected chi connectivity index (χ3v) is 2.52. The Morgan fingerprint density at radius 3 is 1.90 bits per heavy atom. The number of aromatic hydroxyl groups is 2. The molecule has 0 aliphatic heterocycles. The van der Waals surface area contributed by atoms with E-state index < -0.39 is 40.7 Å². The van der Waals surface area contributed by atoms with Crippen LogP contribution in [0.3, 0.4) is 0 Å². The van der Waals surface area contributed by atoms with E-state index in [-0.39, 0.29) is 6.92 Å². The average Bonchev–Trinajstić information content (AvgIpc) is 2.25. The van der Waals surface area contributed by atoms with Crippen molar-refractivity contribution in [1.82, 2.24) is 5.32 Å². The van der Waals surface area contributed by atoms with E-state index in [1.54, 1.807) is 0 Å². The topological polar surface area (TPSA) is 107 Å². The number of amides is 1. The van der Waals surface area contributed by atoms with Gasteiger partial charge in [0.25, 0.3) is 5.91 Å². The molecule has 110 valence electrons. The number of hydrogen-bond acceptors (Lipinski definition) is 4. The number of benzene rings is 1. The second kappa shape index (κ2) is 4.91. The SMILES string of the molecule is CC(NC(=O)c1cc(O)cc(O)c1)(C(=O)O)C(F)(F)F. The molecule has 0 radical (unpaired) electrons. The van der Waals surface area contributed by atoms with Crippen molar-refractivity contribution < 1.29 is 38.1 Å². The van der Waals surface area contributed by atoms with Gasteiger partial charge in [-0.3, -0.25) is 4.79 Å². The minimum atomic E-state index is -5.23. The number of phenolic OH excluding ortho intramolecular Hbond substituents is 2. The Kier molecular flexibility index (Phi) is 3.83. The standard InChI is InChI=1S/C11H10F3NO5/c1-10(9(19)20,11(12,13)14)15-8(18)5-2-6(16)4-7(17)3-5/h2-4,16-17H,1H3,(H,15,18)(H,19,20). The van der Waals surface area contributed by atoms with E-state index in [2.05, 4.69) is 0 Å². The minimum absolute atomic E-state index is 0.288. The van der Waals surface area contributed by atoms with E-state index >= 15 is 0 Å². The number of aliphatic carboxylic acids is 1. The molecule has 1 amide bonds. The van der Waals surface area contributed by atoms with Crippen LogP contribution in [0.2, 0.25) is 0 Å². The van der Waals surface area contributed by atoms with Crippen LogP contribution in [0.15, 0.2) is 18.2 Å². The maximum Gasteiger partial charge on any atom is 0.422 e. The number of hydrogen-bond donors (Lipinski definition) is 4. The van der Waals surface area contributed by atoms with Crippen molar-refractivity contribution >= 4 is 11.9 Å². The van der Waals surface area contributed by atoms with Crippen LogP contribution < -0.4 is 5.32 Å². The number of nitrogens with one attached hydrogen (secondary N) is 1. The van der Waals surface area contributed by atoms with E-state index in [9.17, 15) is 22.8 Å². The molecule has 1 atom stereocenters. The summed E-state index contributed by atoms with van der Waals surface area (Å²) in [5.41, 5.74) is -4.01. The average molecular weight is 293 g/mol. The van der Waals surface area contributed by atoms with Gasteiger partial charge in [-0.2, -0.15) is 13.2 Å². The molecule has 0 saturated heterocycles. The fraction of sp³-hybridized carbons (Fsp3) is 0.273. The maximum atomic E-state index is 12.7. The summed E-state index contributed by atoms with van der Waals surface area (Å²) in [5.74, 6) is -4.81. The summed E-state index contributed by atoms with van der Waals surface area (Å²) in [6.07, 6.45) is -5.23. The summed E-state index contributed by atoms with van der Waals surface area (Å²) in [5, 5.41) is 28.2. The molecule has 0 fully saturated rings. The highest BCUT2D eigenvalue weighted by Gasteiger charge is 2.58. The van der Waals surface area contributed by atoms with E-state index in [0.717, 1.165) is 18.2 Å². The van der Waals surface area contributed by atoms with Crippen LogP contribution in [0.4, 0.5) is 13.2 Å². The van der Waals surface area contributed by atoms with E-state index in [1.165, 1.54) is 5.32 Å². The van der Waals surface area contributed by atoms with Gasteiger partial charge >= 0.3 is 12.1 Å². The lowest BCUT2D eigenvalue weighted by atomic mass is 10.0. The molecular formula is C11H10F3NO5. The van der Waals surface area contributed by atoms with Crippen LogP contribution in [0.25, 0.3) is 0 Å². The summed E-state index contributed by atoms with van der Waals surface area (Å²) in [6, 6.07) is 2.43. The molecule has 0 aliphatic carbocycles. The van der Waals surface area contributed by atoms with Crippen LogP contribution in [-0.2, 0) is 4.79 Å². The Morgan fingerprint density at radius 2 is 1.55 bits per heavy atom. The van der Waals surface area contributed by atoms with Gasteiger partial charge in [0.1, 0.15) is 11.5 Å². The van der Waals surface area contributed by atoms with Crippen molar-refractivity contribution in [2.45, 2.75) is 18.6 Å². The molecule has 0 saturated carbocycles. The van der Waals surface area contributed by atoms with Crippen molar-refractivity contribution in [3.63, 3.8) is 0 Å². The molecular weight excluding hydrogens is 283 g/mol. The molecule has 4 N–H and O–H groups in total. The summed E-state index contributed by atoms with van der Waals surface area (Å²) in [6.45, 7) is 0.288. The first kappa shape index (κ1) is 15.6. The lowest BCUT2D eigenvalue weighted by Crippen LogP contribution is -2.61. The van der Waals surface area contributed by atoms with Crippen LogP contribution in [0, 0.1) is 0 Å². The molecule has 9 heteroatoms. The molecule has 1 unspecified atom stereocenters. The number of rotatable bonds is 3. The molecule has 0 spiro atoms. The normalized spacial score (nSPS) is 14.4. The van der Waals surface area contributed by atoms with Gasteiger partial charge in [-0.1, -0.05) is 0 Å². The summed E-state index contributed by atoms with van der Waals surface area (Å²) < 4.78 is 38.1. The largest absolute Gasteiger partial charge is 0.508 e. The van der Waals surface area contributed by atoms with Gasteiger partial charge < -0.3 is 20.6 Å². The number of carboxylic acid groups (broad SMARTS) is 1. The third-order valence-electron chi connectivity index (χ3n) is 2.52. The summed E-state index contributed by atoms with van der Waals surface area (Å²) in [4.78, 5) is 22.4. The number of phenols is 2. The molecule has 0 aromatic heterocycles. The van der Waals surface area contributed by atoms with Crippen molar-refractivity contribution in [1.29, 1.82) is 0 Å². The number of halogens is 3. The molecule has 1 aromatic rings. The number of carbonyl (C=O) groups is 2. The second-order valence-electron chi connectivity index (χ2n) is 4.12. The van der Waals surface area contributed by atoms with Crippen molar-refractivity contribution in [3.8, 4) is 11.5 Å². The van der Waals surface area contributed by atoms with Gasteiger partial charge in [-0.25, -0.2) is 4.79 Å². The molecule has 0 heterocycles. The lowest BCUT2D eigenvalue weighted by Gasteiger charge is -2.28. The first-order chi connectivity index (χ1) is 8.97. The molecule has 1 aromatic carbocycles. The molecule has 0 aliphatic rings. The minimum Gasteiger partial charge on any atom is -0.508 e. The van der Waals surface area contributed by atoms with Gasteiger partial charge in [0.15, 0.2) is 0 Å². The number of carboxylic acids is 1. The van der Waals surface area contributed by atoms with Gasteiger partial charge in [0.2, 0.25) is 5.54 Å². The monoisotopic (exact) mass is 293 g/mol. The highest BCUT2D eigenvalue weighted by Crippen LogP contribution is 2.31. The first-order valence-corrected chi connectivity index (χ1v) is 5.13. The predicted octanol–water partition coefficient (Wildman–Crippen LogP) is 1.23. The Labute approximate surface area is 110 Å². The summed E-state index contributed by atoms with van der Waals surface area (Å²) in [7, 11) is 0. The van der Waals surface area contributed by atoms with Gasteiger partial charge in [-0.15, -0.1) is 0 Å². The number of alkyl halides is 3. The smallest absolute Gasteiger partial charge is 0.422 e. The highest BCUT2D eigenvalue weighted by molar-refractivity contribution is 5.98. The highest BCUT2D eigenvalue weighted by atomic mass is 19.4. The van der Waals surface area contributed by atoms with Crippen LogP contribution >= 0.6 is 0 Å². The third kappa shape index (κ3) is 2.92. The van der Waals surface area contributed by atoms with Crippen molar-refractivity contribution in [2.24, 2.45) is 0 Å². The van der Waals surface area contributed by atoms with E-state index in [4.69, 9.17) is 15.3 Å². The molecule has 6 nitrogen and oxygen atoms in total. The van der Waals surface area contributed by atoms with Crippen LogP contribution in [0.1, 0.15) is 17.3 Å².